The summed E-state index contributed by atoms with van der Waals surface area (Å²) in [5.41, 5.74) is 0.543. The van der Waals surface area contributed by atoms with Gasteiger partial charge in [0.25, 0.3) is 0 Å². The van der Waals surface area contributed by atoms with Crippen molar-refractivity contribution in [3.8, 4) is 0 Å². The minimum absolute atomic E-state index is 0.159. The van der Waals surface area contributed by atoms with Gasteiger partial charge in [-0.05, 0) is 66.5 Å². The molecule has 3 atom stereocenters. The predicted octanol–water partition coefficient (Wildman–Crippen LogP) is 3.84. The summed E-state index contributed by atoms with van der Waals surface area (Å²) in [5, 5.41) is 15.2. The van der Waals surface area contributed by atoms with E-state index < -0.39 is 59.8 Å². The number of nitrogens with one attached hydrogen (secondary N) is 2. The predicted molar refractivity (Wildman–Crippen MR) is 159 cm³/mol. The van der Waals surface area contributed by atoms with Crippen LogP contribution in [0.1, 0.15) is 71.2 Å². The van der Waals surface area contributed by atoms with Gasteiger partial charge in [-0.2, -0.15) is 0 Å². The zero-order valence-electron chi connectivity index (χ0n) is 25.9. The molecule has 0 aromatic heterocycles. The van der Waals surface area contributed by atoms with Crippen molar-refractivity contribution in [3.63, 3.8) is 0 Å². The minimum Gasteiger partial charge on any atom is -0.458 e. The van der Waals surface area contributed by atoms with Gasteiger partial charge in [-0.3, -0.25) is 9.59 Å². The molecule has 0 spiro atoms. The zero-order chi connectivity index (χ0) is 31.7. The van der Waals surface area contributed by atoms with E-state index >= 15 is 0 Å². The van der Waals surface area contributed by atoms with Crippen LogP contribution >= 0.6 is 0 Å². The fourth-order valence-corrected chi connectivity index (χ4v) is 4.25. The van der Waals surface area contributed by atoms with Crippen molar-refractivity contribution in [1.29, 1.82) is 0 Å². The molecule has 0 aliphatic heterocycles. The molecule has 0 saturated carbocycles. The highest BCUT2D eigenvalue weighted by molar-refractivity contribution is 5.93. The Morgan fingerprint density at radius 1 is 0.881 bits per heavy atom. The van der Waals surface area contributed by atoms with Crippen LogP contribution < -0.4 is 10.6 Å². The standard InChI is InChI=1S/C32H45N3O7/c1-21-13-12-16-24(19-21)26(35(17-18-36)28(38)22(2)33-30(40)42-32(6,7)8)27(37)34-25(29(39)41-31(3,4)5)20-23-14-10-9-11-15-23/h9-16,19,22,25-26,36H,17-18,20H2,1-8H3,(H,33,40)(H,34,37). The fourth-order valence-electron chi connectivity index (χ4n) is 4.25. The lowest BCUT2D eigenvalue weighted by Gasteiger charge is -2.34. The lowest BCUT2D eigenvalue weighted by molar-refractivity contribution is -0.159. The molecule has 2 aromatic rings. The second-order valence-corrected chi connectivity index (χ2v) is 12.2. The first-order valence-corrected chi connectivity index (χ1v) is 14.1. The molecule has 10 nitrogen and oxygen atoms in total. The molecule has 0 fully saturated rings. The van der Waals surface area contributed by atoms with Crippen LogP contribution in [0.5, 0.6) is 0 Å². The number of esters is 1. The number of ether oxygens (including phenoxy) is 2. The number of amides is 3. The van der Waals surface area contributed by atoms with Crippen LogP contribution in [0.25, 0.3) is 0 Å². The van der Waals surface area contributed by atoms with E-state index in [1.807, 2.05) is 43.3 Å². The van der Waals surface area contributed by atoms with Gasteiger partial charge in [-0.1, -0.05) is 60.2 Å². The molecule has 2 aromatic carbocycles. The molecule has 0 radical (unpaired) electrons. The van der Waals surface area contributed by atoms with Gasteiger partial charge in [0.05, 0.1) is 6.61 Å². The number of alkyl carbamates (subject to hydrolysis) is 1. The van der Waals surface area contributed by atoms with Gasteiger partial charge < -0.3 is 30.1 Å². The Morgan fingerprint density at radius 3 is 2.05 bits per heavy atom. The summed E-state index contributed by atoms with van der Waals surface area (Å²) in [6, 6.07) is 12.9. The second kappa shape index (κ2) is 14.8. The molecular weight excluding hydrogens is 538 g/mol. The van der Waals surface area contributed by atoms with E-state index in [1.165, 1.54) is 11.8 Å². The number of rotatable bonds is 11. The molecule has 10 heteroatoms. The topological polar surface area (TPSA) is 134 Å². The lowest BCUT2D eigenvalue weighted by Crippen LogP contribution is -2.54. The van der Waals surface area contributed by atoms with E-state index in [0.29, 0.717) is 5.56 Å². The Labute approximate surface area is 248 Å². The molecule has 0 bridgehead atoms. The Hall–Kier alpha value is -3.92. The maximum atomic E-state index is 14.1. The Bertz CT molecular complexity index is 1220. The van der Waals surface area contributed by atoms with Crippen molar-refractivity contribution in [2.75, 3.05) is 13.2 Å². The smallest absolute Gasteiger partial charge is 0.408 e. The molecule has 0 heterocycles. The van der Waals surface area contributed by atoms with Crippen molar-refractivity contribution in [2.45, 2.75) is 91.1 Å². The number of carbonyl (C=O) groups is 4. The third-order valence-corrected chi connectivity index (χ3v) is 5.94. The number of aliphatic hydroxyl groups is 1. The third kappa shape index (κ3) is 11.2. The summed E-state index contributed by atoms with van der Waals surface area (Å²) in [7, 11) is 0. The monoisotopic (exact) mass is 583 g/mol. The van der Waals surface area contributed by atoms with Gasteiger partial charge in [0.15, 0.2) is 0 Å². The van der Waals surface area contributed by atoms with Crippen LogP contribution in [0.3, 0.4) is 0 Å². The average molecular weight is 584 g/mol. The molecule has 42 heavy (non-hydrogen) atoms. The minimum atomic E-state index is -1.23. The number of aliphatic hydroxyl groups excluding tert-OH is 1. The van der Waals surface area contributed by atoms with E-state index in [0.717, 1.165) is 11.1 Å². The van der Waals surface area contributed by atoms with Crippen molar-refractivity contribution < 1.29 is 33.8 Å². The average Bonchev–Trinajstić information content (AvgIpc) is 2.86. The summed E-state index contributed by atoms with van der Waals surface area (Å²) in [6.07, 6.45) is -0.635. The molecule has 3 amide bonds. The molecule has 3 N–H and O–H groups in total. The molecule has 2 rings (SSSR count). The van der Waals surface area contributed by atoms with E-state index in [4.69, 9.17) is 9.47 Å². The molecule has 3 unspecified atom stereocenters. The first kappa shape index (κ1) is 34.3. The molecule has 0 saturated heterocycles. The summed E-state index contributed by atoms with van der Waals surface area (Å²) >= 11 is 0. The zero-order valence-corrected chi connectivity index (χ0v) is 25.9. The molecule has 0 aliphatic rings. The van der Waals surface area contributed by atoms with E-state index in [9.17, 15) is 24.3 Å². The van der Waals surface area contributed by atoms with Crippen molar-refractivity contribution in [2.24, 2.45) is 0 Å². The number of aryl methyl sites for hydroxylation is 1. The molecule has 230 valence electrons. The van der Waals surface area contributed by atoms with Gasteiger partial charge >= 0.3 is 12.1 Å². The first-order chi connectivity index (χ1) is 19.5. The molecular formula is C32H45N3O7. The molecule has 0 aliphatic carbocycles. The van der Waals surface area contributed by atoms with Crippen molar-refractivity contribution >= 4 is 23.9 Å². The maximum absolute atomic E-state index is 14.1. The van der Waals surface area contributed by atoms with Gasteiger partial charge in [0, 0.05) is 13.0 Å². The Balaban J connectivity index is 2.48. The van der Waals surface area contributed by atoms with Crippen molar-refractivity contribution in [3.05, 3.63) is 71.3 Å². The van der Waals surface area contributed by atoms with Crippen LogP contribution in [0.15, 0.2) is 54.6 Å². The van der Waals surface area contributed by atoms with Gasteiger partial charge in [-0.25, -0.2) is 9.59 Å². The van der Waals surface area contributed by atoms with Crippen molar-refractivity contribution in [1.82, 2.24) is 15.5 Å². The highest BCUT2D eigenvalue weighted by Crippen LogP contribution is 2.24. The highest BCUT2D eigenvalue weighted by atomic mass is 16.6. The summed E-state index contributed by atoms with van der Waals surface area (Å²) in [5.74, 6) is -1.88. The van der Waals surface area contributed by atoms with Crippen LogP contribution in [-0.2, 0) is 30.3 Å². The Morgan fingerprint density at radius 2 is 1.50 bits per heavy atom. The maximum Gasteiger partial charge on any atom is 0.408 e. The number of nitrogens with zero attached hydrogens (tertiary/aromatic N) is 1. The van der Waals surface area contributed by atoms with E-state index in [-0.39, 0.29) is 13.0 Å². The normalized spacial score (nSPS) is 13.7. The van der Waals surface area contributed by atoms with Gasteiger partial charge in [-0.15, -0.1) is 0 Å². The van der Waals surface area contributed by atoms with E-state index in [2.05, 4.69) is 10.6 Å². The number of hydrogen-bond donors (Lipinski definition) is 3. The number of hydrogen-bond acceptors (Lipinski definition) is 7. The summed E-state index contributed by atoms with van der Waals surface area (Å²) in [4.78, 5) is 54.6. The van der Waals surface area contributed by atoms with Crippen LogP contribution in [0.2, 0.25) is 0 Å². The third-order valence-electron chi connectivity index (χ3n) is 5.94. The summed E-state index contributed by atoms with van der Waals surface area (Å²) in [6.45, 7) is 13.0. The fraction of sp³-hybridized carbons (Fsp3) is 0.500. The number of benzene rings is 2. The summed E-state index contributed by atoms with van der Waals surface area (Å²) < 4.78 is 10.9. The lowest BCUT2D eigenvalue weighted by atomic mass is 9.99. The van der Waals surface area contributed by atoms with Gasteiger partial charge in [0.2, 0.25) is 11.8 Å². The number of carbonyl (C=O) groups excluding carboxylic acids is 4. The van der Waals surface area contributed by atoms with Crippen LogP contribution in [0, 0.1) is 6.92 Å². The Kier molecular flexibility index (Phi) is 12.1. The van der Waals surface area contributed by atoms with Crippen LogP contribution in [-0.4, -0.2) is 70.3 Å². The van der Waals surface area contributed by atoms with Crippen LogP contribution in [0.4, 0.5) is 4.79 Å². The van der Waals surface area contributed by atoms with E-state index in [1.54, 1.807) is 59.7 Å². The first-order valence-electron chi connectivity index (χ1n) is 14.1. The largest absolute Gasteiger partial charge is 0.458 e. The second-order valence-electron chi connectivity index (χ2n) is 12.2. The SMILES string of the molecule is Cc1cccc(C(C(=O)NC(Cc2ccccc2)C(=O)OC(C)(C)C)N(CCO)C(=O)C(C)NC(=O)OC(C)(C)C)c1. The highest BCUT2D eigenvalue weighted by Gasteiger charge is 2.37. The van der Waals surface area contributed by atoms with Gasteiger partial charge in [0.1, 0.15) is 29.3 Å². The quantitative estimate of drug-likeness (QED) is 0.342.